The van der Waals surface area contributed by atoms with E-state index in [9.17, 15) is 0 Å². The average Bonchev–Trinajstić information content (AvgIpc) is 2.05. The van der Waals surface area contributed by atoms with Gasteiger partial charge in [0.05, 0.1) is 0 Å². The molecule has 13 heavy (non-hydrogen) atoms. The molecule has 0 fully saturated rings. The van der Waals surface area contributed by atoms with Gasteiger partial charge in [-0.25, -0.2) is 0 Å². The Bertz CT molecular complexity index is 209. The Morgan fingerprint density at radius 3 is 2.31 bits per heavy atom. The van der Waals surface area contributed by atoms with Gasteiger partial charge in [-0.15, -0.1) is 25.6 Å². The lowest BCUT2D eigenvalue weighted by Crippen LogP contribution is -1.89. The van der Waals surface area contributed by atoms with Crippen LogP contribution in [-0.4, -0.2) is 6.16 Å². The van der Waals surface area contributed by atoms with Crippen LogP contribution in [0.3, 0.4) is 0 Å². The van der Waals surface area contributed by atoms with Crippen LogP contribution in [0.1, 0.15) is 19.4 Å². The number of benzene rings is 1. The van der Waals surface area contributed by atoms with Gasteiger partial charge in [0.1, 0.15) is 0 Å². The van der Waals surface area contributed by atoms with Gasteiger partial charge >= 0.3 is 0 Å². The van der Waals surface area contributed by atoms with Gasteiger partial charge in [0.2, 0.25) is 0 Å². The molecule has 0 heterocycles. The Hall–Kier alpha value is 0.130. The monoisotopic (exact) mass is 260 g/mol. The van der Waals surface area contributed by atoms with Crippen LogP contribution in [0.2, 0.25) is 0 Å². The second-order valence-corrected chi connectivity index (χ2v) is 4.77. The molecule has 1 aromatic rings. The van der Waals surface area contributed by atoms with Gasteiger partial charge in [-0.3, -0.25) is 0 Å². The standard InChI is InChI=1S/C11H17P.BrH/c1-10(2)8-12-9-11-6-4-3-5-7-11;/h3-7,10,12H,8-9H2,1-2H3;1H. The minimum absolute atomic E-state index is 0. The Labute approximate surface area is 93.7 Å². The minimum atomic E-state index is 0. The molecule has 2 heteroatoms. The normalized spacial score (nSPS) is 10.7. The van der Waals surface area contributed by atoms with Crippen LogP contribution in [0.15, 0.2) is 30.3 Å². The molecule has 0 aliphatic rings. The van der Waals surface area contributed by atoms with Gasteiger partial charge in [0.25, 0.3) is 0 Å². The first-order valence-corrected chi connectivity index (χ1v) is 5.95. The first-order valence-electron chi connectivity index (χ1n) is 4.53. The van der Waals surface area contributed by atoms with Gasteiger partial charge < -0.3 is 0 Å². The van der Waals surface area contributed by atoms with E-state index in [1.54, 1.807) is 0 Å². The van der Waals surface area contributed by atoms with E-state index >= 15 is 0 Å². The van der Waals surface area contributed by atoms with E-state index in [4.69, 9.17) is 0 Å². The molecule has 1 unspecified atom stereocenters. The van der Waals surface area contributed by atoms with Crippen molar-refractivity contribution in [2.24, 2.45) is 5.92 Å². The van der Waals surface area contributed by atoms with Gasteiger partial charge in [0.15, 0.2) is 0 Å². The summed E-state index contributed by atoms with van der Waals surface area (Å²) in [4.78, 5) is 0. The summed E-state index contributed by atoms with van der Waals surface area (Å²) in [6.45, 7) is 4.58. The minimum Gasteiger partial charge on any atom is -0.117 e. The van der Waals surface area contributed by atoms with Crippen molar-refractivity contribution in [2.45, 2.75) is 20.0 Å². The summed E-state index contributed by atoms with van der Waals surface area (Å²) in [5, 5.41) is 0. The van der Waals surface area contributed by atoms with E-state index in [1.807, 2.05) is 0 Å². The third-order valence-corrected chi connectivity index (χ3v) is 3.49. The Morgan fingerprint density at radius 2 is 1.77 bits per heavy atom. The van der Waals surface area contributed by atoms with E-state index in [0.717, 1.165) is 14.5 Å². The van der Waals surface area contributed by atoms with E-state index < -0.39 is 0 Å². The van der Waals surface area contributed by atoms with Crippen LogP contribution < -0.4 is 0 Å². The summed E-state index contributed by atoms with van der Waals surface area (Å²) in [5.74, 6) is 0.854. The third kappa shape index (κ3) is 6.23. The third-order valence-electron chi connectivity index (χ3n) is 1.72. The van der Waals surface area contributed by atoms with Crippen LogP contribution in [0, 0.1) is 5.92 Å². The molecule has 0 amide bonds. The lowest BCUT2D eigenvalue weighted by Gasteiger charge is -2.04. The molecule has 0 N–H and O–H groups in total. The van der Waals surface area contributed by atoms with E-state index in [0.29, 0.717) is 0 Å². The molecule has 1 atom stereocenters. The fourth-order valence-corrected chi connectivity index (χ4v) is 2.35. The predicted octanol–water partition coefficient (Wildman–Crippen LogP) is 4.10. The molecule has 0 bridgehead atoms. The van der Waals surface area contributed by atoms with E-state index in [2.05, 4.69) is 44.2 Å². The van der Waals surface area contributed by atoms with Crippen molar-refractivity contribution in [2.75, 3.05) is 6.16 Å². The second-order valence-electron chi connectivity index (χ2n) is 3.51. The largest absolute Gasteiger partial charge is 0.117 e. The summed E-state index contributed by atoms with van der Waals surface area (Å²) in [6, 6.07) is 10.8. The summed E-state index contributed by atoms with van der Waals surface area (Å²) in [7, 11) is 1.09. The maximum Gasteiger partial charge on any atom is -0.0101 e. The molecule has 1 rings (SSSR count). The number of hydrogen-bond donors (Lipinski definition) is 0. The van der Waals surface area contributed by atoms with Crippen LogP contribution in [0.4, 0.5) is 0 Å². The number of halogens is 1. The fraction of sp³-hybridized carbons (Fsp3) is 0.455. The smallest absolute Gasteiger partial charge is 0.0101 e. The summed E-state index contributed by atoms with van der Waals surface area (Å²) >= 11 is 0. The van der Waals surface area contributed by atoms with Crippen molar-refractivity contribution in [3.05, 3.63) is 35.9 Å². The van der Waals surface area contributed by atoms with E-state index in [1.165, 1.54) is 17.9 Å². The highest BCUT2D eigenvalue weighted by molar-refractivity contribution is 8.93. The Morgan fingerprint density at radius 1 is 1.15 bits per heavy atom. The fourth-order valence-electron chi connectivity index (χ4n) is 1.10. The molecule has 0 radical (unpaired) electrons. The Balaban J connectivity index is 0.00000144. The van der Waals surface area contributed by atoms with E-state index in [-0.39, 0.29) is 17.0 Å². The van der Waals surface area contributed by atoms with Crippen molar-refractivity contribution in [3.8, 4) is 0 Å². The summed E-state index contributed by atoms with van der Waals surface area (Å²) in [6.07, 6.45) is 2.63. The maximum atomic E-state index is 2.29. The van der Waals surface area contributed by atoms with Crippen molar-refractivity contribution in [1.82, 2.24) is 0 Å². The number of rotatable bonds is 4. The average molecular weight is 261 g/mol. The molecule has 0 aliphatic heterocycles. The molecule has 0 aliphatic carbocycles. The van der Waals surface area contributed by atoms with Crippen molar-refractivity contribution >= 4 is 25.6 Å². The Kier molecular flexibility index (Phi) is 7.60. The maximum absolute atomic E-state index is 2.29. The molecule has 0 nitrogen and oxygen atoms in total. The quantitative estimate of drug-likeness (QED) is 0.716. The van der Waals surface area contributed by atoms with Crippen LogP contribution in [-0.2, 0) is 6.16 Å². The highest BCUT2D eigenvalue weighted by atomic mass is 79.9. The predicted molar refractivity (Wildman–Crippen MR) is 68.5 cm³/mol. The van der Waals surface area contributed by atoms with Crippen molar-refractivity contribution < 1.29 is 0 Å². The molecule has 0 saturated carbocycles. The highest BCUT2D eigenvalue weighted by Gasteiger charge is 1.94. The second kappa shape index (κ2) is 7.53. The van der Waals surface area contributed by atoms with Gasteiger partial charge in [-0.2, -0.15) is 0 Å². The zero-order chi connectivity index (χ0) is 8.81. The summed E-state index contributed by atoms with van der Waals surface area (Å²) < 4.78 is 0. The first-order chi connectivity index (χ1) is 5.79. The number of hydrogen-bond acceptors (Lipinski definition) is 0. The van der Waals surface area contributed by atoms with Crippen LogP contribution >= 0.6 is 25.6 Å². The van der Waals surface area contributed by atoms with Crippen LogP contribution in [0.25, 0.3) is 0 Å². The SMILES string of the molecule is Br.CC(C)CPCc1ccccc1. The molecule has 0 saturated heterocycles. The first kappa shape index (κ1) is 13.1. The van der Waals surface area contributed by atoms with Crippen molar-refractivity contribution in [3.63, 3.8) is 0 Å². The zero-order valence-corrected chi connectivity index (χ0v) is 11.0. The lowest BCUT2D eigenvalue weighted by molar-refractivity contribution is 0.747. The molecular formula is C11H18BrP. The summed E-state index contributed by atoms with van der Waals surface area (Å²) in [5.41, 5.74) is 1.48. The van der Waals surface area contributed by atoms with Gasteiger partial charge in [0, 0.05) is 0 Å². The molecule has 0 spiro atoms. The molecular weight excluding hydrogens is 243 g/mol. The molecule has 74 valence electrons. The highest BCUT2D eigenvalue weighted by Crippen LogP contribution is 2.20. The lowest BCUT2D eigenvalue weighted by atomic mass is 10.2. The van der Waals surface area contributed by atoms with Gasteiger partial charge in [-0.1, -0.05) is 44.2 Å². The van der Waals surface area contributed by atoms with Gasteiger partial charge in [-0.05, 0) is 23.8 Å². The topological polar surface area (TPSA) is 0 Å². The van der Waals surface area contributed by atoms with Crippen LogP contribution in [0.5, 0.6) is 0 Å². The van der Waals surface area contributed by atoms with Crippen molar-refractivity contribution in [1.29, 1.82) is 0 Å². The molecule has 1 aromatic carbocycles. The zero-order valence-electron chi connectivity index (χ0n) is 8.29. The molecule has 0 aromatic heterocycles.